The van der Waals surface area contributed by atoms with Crippen LogP contribution in [0.15, 0.2) is 51.6 Å². The fraction of sp³-hybridized carbons (Fsp3) is 0.333. The Labute approximate surface area is 145 Å². The smallest absolute Gasteiger partial charge is 0.252 e. The van der Waals surface area contributed by atoms with Crippen molar-refractivity contribution in [2.75, 3.05) is 20.2 Å². The van der Waals surface area contributed by atoms with Gasteiger partial charge in [0.05, 0.1) is 12.8 Å². The topological polar surface area (TPSA) is 73.8 Å². The van der Waals surface area contributed by atoms with Crippen molar-refractivity contribution in [3.05, 3.63) is 54.3 Å². The molecule has 7 nitrogen and oxygen atoms in total. The molecule has 2 aromatic heterocycles. The third-order valence-corrected chi connectivity index (χ3v) is 4.03. The summed E-state index contributed by atoms with van der Waals surface area (Å²) in [6.45, 7) is 2.93. The highest BCUT2D eigenvalue weighted by Crippen LogP contribution is 2.23. The highest BCUT2D eigenvalue weighted by atomic mass is 16.5. The molecule has 0 unspecified atom stereocenters. The van der Waals surface area contributed by atoms with Crippen molar-refractivity contribution in [2.45, 2.75) is 19.3 Å². The Kier molecular flexibility index (Phi) is 4.49. The van der Waals surface area contributed by atoms with Gasteiger partial charge in [0.1, 0.15) is 24.2 Å². The third kappa shape index (κ3) is 3.72. The van der Waals surface area contributed by atoms with Gasteiger partial charge < -0.3 is 18.4 Å². The van der Waals surface area contributed by atoms with E-state index in [1.165, 1.54) is 0 Å². The first kappa shape index (κ1) is 15.9. The minimum absolute atomic E-state index is 0.208. The van der Waals surface area contributed by atoms with Gasteiger partial charge in [0.15, 0.2) is 0 Å². The van der Waals surface area contributed by atoms with E-state index in [0.717, 1.165) is 36.7 Å². The molecule has 0 aliphatic carbocycles. The molecule has 0 atom stereocenters. The largest absolute Gasteiger partial charge is 0.488 e. The van der Waals surface area contributed by atoms with E-state index in [0.29, 0.717) is 18.3 Å². The van der Waals surface area contributed by atoms with E-state index in [1.807, 2.05) is 36.4 Å². The maximum atomic E-state index is 5.98. The van der Waals surface area contributed by atoms with E-state index in [4.69, 9.17) is 18.4 Å². The monoisotopic (exact) mass is 341 g/mol. The third-order valence-electron chi connectivity index (χ3n) is 4.03. The second kappa shape index (κ2) is 7.08. The standard InChI is InChI=1S/C18H19N3O4/c1-22-12-17-19-18(20-25-17)13-4-6-14(7-5-13)24-16-10-21(11-16)9-15-3-2-8-23-15/h2-8,16H,9-12H2,1H3. The van der Waals surface area contributed by atoms with Crippen LogP contribution in [0.25, 0.3) is 11.4 Å². The maximum Gasteiger partial charge on any atom is 0.252 e. The molecule has 25 heavy (non-hydrogen) atoms. The van der Waals surface area contributed by atoms with Gasteiger partial charge in [-0.2, -0.15) is 4.98 Å². The van der Waals surface area contributed by atoms with E-state index in [2.05, 4.69) is 15.0 Å². The fourth-order valence-electron chi connectivity index (χ4n) is 2.78. The van der Waals surface area contributed by atoms with Crippen LogP contribution in [0.1, 0.15) is 11.7 Å². The molecule has 0 amide bonds. The molecule has 130 valence electrons. The molecule has 1 saturated heterocycles. The van der Waals surface area contributed by atoms with Crippen molar-refractivity contribution in [3.8, 4) is 17.1 Å². The van der Waals surface area contributed by atoms with Crippen molar-refractivity contribution < 1.29 is 18.4 Å². The van der Waals surface area contributed by atoms with E-state index >= 15 is 0 Å². The van der Waals surface area contributed by atoms with Gasteiger partial charge in [-0.05, 0) is 36.4 Å². The number of ether oxygens (including phenoxy) is 2. The molecule has 1 aromatic carbocycles. The molecule has 3 heterocycles. The SMILES string of the molecule is COCc1nc(-c2ccc(OC3CN(Cc4ccco4)C3)cc2)no1. The summed E-state index contributed by atoms with van der Waals surface area (Å²) < 4.78 is 21.4. The predicted molar refractivity (Wildman–Crippen MR) is 88.8 cm³/mol. The molecule has 1 aliphatic heterocycles. The minimum atomic E-state index is 0.208. The molecule has 1 aliphatic rings. The van der Waals surface area contributed by atoms with Crippen LogP contribution < -0.4 is 4.74 Å². The Morgan fingerprint density at radius 1 is 1.20 bits per heavy atom. The van der Waals surface area contributed by atoms with Gasteiger partial charge in [-0.25, -0.2) is 0 Å². The van der Waals surface area contributed by atoms with Crippen molar-refractivity contribution >= 4 is 0 Å². The van der Waals surface area contributed by atoms with E-state index in [9.17, 15) is 0 Å². The predicted octanol–water partition coefficient (Wildman–Crippen LogP) is 2.74. The molecule has 0 radical (unpaired) electrons. The Morgan fingerprint density at radius 3 is 2.76 bits per heavy atom. The second-order valence-corrected chi connectivity index (χ2v) is 5.98. The van der Waals surface area contributed by atoms with E-state index in [-0.39, 0.29) is 6.10 Å². The highest BCUT2D eigenvalue weighted by Gasteiger charge is 2.28. The average molecular weight is 341 g/mol. The lowest BCUT2D eigenvalue weighted by atomic mass is 10.1. The Balaban J connectivity index is 1.29. The summed E-state index contributed by atoms with van der Waals surface area (Å²) >= 11 is 0. The number of methoxy groups -OCH3 is 1. The van der Waals surface area contributed by atoms with Gasteiger partial charge in [0.25, 0.3) is 5.89 Å². The van der Waals surface area contributed by atoms with Crippen LogP contribution >= 0.6 is 0 Å². The maximum absolute atomic E-state index is 5.98. The minimum Gasteiger partial charge on any atom is -0.488 e. The molecule has 4 rings (SSSR count). The van der Waals surface area contributed by atoms with Gasteiger partial charge in [-0.1, -0.05) is 5.16 Å². The first-order chi connectivity index (χ1) is 12.3. The van der Waals surface area contributed by atoms with Crippen molar-refractivity contribution in [1.82, 2.24) is 15.0 Å². The molecule has 0 bridgehead atoms. The van der Waals surface area contributed by atoms with E-state index in [1.54, 1.807) is 13.4 Å². The van der Waals surface area contributed by atoms with Crippen LogP contribution in [0.3, 0.4) is 0 Å². The van der Waals surface area contributed by atoms with Crippen LogP contribution in [-0.4, -0.2) is 41.3 Å². The summed E-state index contributed by atoms with van der Waals surface area (Å²) in [6.07, 6.45) is 1.91. The first-order valence-corrected chi connectivity index (χ1v) is 8.13. The van der Waals surface area contributed by atoms with Gasteiger partial charge in [-0.3, -0.25) is 4.90 Å². The lowest BCUT2D eigenvalue weighted by molar-refractivity contribution is 0.0107. The summed E-state index contributed by atoms with van der Waals surface area (Å²) in [5.41, 5.74) is 0.881. The number of aromatic nitrogens is 2. The lowest BCUT2D eigenvalue weighted by Crippen LogP contribution is -2.52. The molecule has 7 heteroatoms. The van der Waals surface area contributed by atoms with Crippen molar-refractivity contribution in [3.63, 3.8) is 0 Å². The van der Waals surface area contributed by atoms with Gasteiger partial charge in [-0.15, -0.1) is 0 Å². The number of hydrogen-bond donors (Lipinski definition) is 0. The average Bonchev–Trinajstić information content (AvgIpc) is 3.26. The molecular weight excluding hydrogens is 322 g/mol. The van der Waals surface area contributed by atoms with Gasteiger partial charge in [0, 0.05) is 25.8 Å². The fourth-order valence-corrected chi connectivity index (χ4v) is 2.78. The molecule has 0 N–H and O–H groups in total. The lowest BCUT2D eigenvalue weighted by Gasteiger charge is -2.38. The Bertz CT molecular complexity index is 792. The number of rotatable bonds is 7. The molecular formula is C18H19N3O4. The van der Waals surface area contributed by atoms with Crippen molar-refractivity contribution in [1.29, 1.82) is 0 Å². The summed E-state index contributed by atoms with van der Waals surface area (Å²) in [4.78, 5) is 6.56. The summed E-state index contributed by atoms with van der Waals surface area (Å²) in [5, 5.41) is 3.95. The zero-order valence-electron chi connectivity index (χ0n) is 13.9. The first-order valence-electron chi connectivity index (χ1n) is 8.13. The quantitative estimate of drug-likeness (QED) is 0.654. The van der Waals surface area contributed by atoms with Crippen LogP contribution in [0, 0.1) is 0 Å². The zero-order valence-corrected chi connectivity index (χ0v) is 13.9. The zero-order chi connectivity index (χ0) is 17.1. The molecule has 3 aromatic rings. The molecule has 1 fully saturated rings. The summed E-state index contributed by atoms with van der Waals surface area (Å²) in [6, 6.07) is 11.6. The number of nitrogens with zero attached hydrogens (tertiary/aromatic N) is 3. The van der Waals surface area contributed by atoms with E-state index < -0.39 is 0 Å². The van der Waals surface area contributed by atoms with Gasteiger partial charge in [0.2, 0.25) is 5.82 Å². The number of furan rings is 1. The Hall–Kier alpha value is -2.64. The van der Waals surface area contributed by atoms with Gasteiger partial charge >= 0.3 is 0 Å². The number of likely N-dealkylation sites (tertiary alicyclic amines) is 1. The normalized spacial score (nSPS) is 15.2. The van der Waals surface area contributed by atoms with Crippen LogP contribution in [0.4, 0.5) is 0 Å². The van der Waals surface area contributed by atoms with Crippen LogP contribution in [0.2, 0.25) is 0 Å². The molecule has 0 spiro atoms. The summed E-state index contributed by atoms with van der Waals surface area (Å²) in [5.74, 6) is 2.83. The van der Waals surface area contributed by atoms with Crippen molar-refractivity contribution in [2.24, 2.45) is 0 Å². The summed E-state index contributed by atoms with van der Waals surface area (Å²) in [7, 11) is 1.59. The van der Waals surface area contributed by atoms with Crippen LogP contribution in [-0.2, 0) is 17.9 Å². The highest BCUT2D eigenvalue weighted by molar-refractivity contribution is 5.55. The number of hydrogen-bond acceptors (Lipinski definition) is 7. The second-order valence-electron chi connectivity index (χ2n) is 5.98. The van der Waals surface area contributed by atoms with Crippen LogP contribution in [0.5, 0.6) is 5.75 Å². The molecule has 0 saturated carbocycles. The number of benzene rings is 1. The Morgan fingerprint density at radius 2 is 2.04 bits per heavy atom.